The van der Waals surface area contributed by atoms with Crippen molar-refractivity contribution < 1.29 is 14.8 Å². The van der Waals surface area contributed by atoms with Gasteiger partial charge in [-0.2, -0.15) is 5.10 Å². The van der Waals surface area contributed by atoms with Gasteiger partial charge in [-0.05, 0) is 63.4 Å². The first-order chi connectivity index (χ1) is 11.3. The smallest absolute Gasteiger partial charge is 0.272 e. The van der Waals surface area contributed by atoms with Crippen LogP contribution in [-0.2, 0) is 0 Å². The van der Waals surface area contributed by atoms with E-state index in [0.29, 0.717) is 9.13 Å². The lowest BCUT2D eigenvalue weighted by atomic mass is 10.2. The molecule has 2 N–H and O–H groups in total. The highest BCUT2D eigenvalue weighted by molar-refractivity contribution is 14.1. The molecule has 0 saturated heterocycles. The predicted molar refractivity (Wildman–Crippen MR) is 107 cm³/mol. The van der Waals surface area contributed by atoms with Crippen LogP contribution in [0.5, 0.6) is 5.75 Å². The van der Waals surface area contributed by atoms with Crippen LogP contribution < -0.4 is 5.43 Å². The lowest BCUT2D eigenvalue weighted by Gasteiger charge is -2.04. The van der Waals surface area contributed by atoms with Gasteiger partial charge in [0.25, 0.3) is 11.6 Å². The molecule has 2 aromatic rings. The third-order valence-electron chi connectivity index (χ3n) is 2.84. The SMILES string of the molecule is O=C(NN=Cc1cc(I)cc(I)c1O)c1ccc([N+](=O)[O-])cc1Cl. The molecule has 0 unspecified atom stereocenters. The molecule has 0 radical (unpaired) electrons. The van der Waals surface area contributed by atoms with Crippen molar-refractivity contribution in [2.75, 3.05) is 0 Å². The first kappa shape index (κ1) is 18.9. The van der Waals surface area contributed by atoms with E-state index in [2.05, 4.69) is 33.1 Å². The fourth-order valence-electron chi connectivity index (χ4n) is 1.71. The number of non-ortho nitro benzene ring substituents is 1. The van der Waals surface area contributed by atoms with Gasteiger partial charge in [0, 0.05) is 21.3 Å². The summed E-state index contributed by atoms with van der Waals surface area (Å²) in [6.45, 7) is 0. The molecule has 0 fully saturated rings. The maximum atomic E-state index is 12.0. The Hall–Kier alpha value is -1.47. The molecule has 0 bridgehead atoms. The number of hydrogen-bond acceptors (Lipinski definition) is 5. The highest BCUT2D eigenvalue weighted by Crippen LogP contribution is 2.26. The normalized spacial score (nSPS) is 10.8. The number of aromatic hydroxyl groups is 1. The molecule has 0 heterocycles. The van der Waals surface area contributed by atoms with Crippen LogP contribution in [-0.4, -0.2) is 22.2 Å². The second-order valence-corrected chi connectivity index (χ2v) is 7.26. The van der Waals surface area contributed by atoms with Crippen molar-refractivity contribution in [2.45, 2.75) is 0 Å². The van der Waals surface area contributed by atoms with Gasteiger partial charge in [-0.1, -0.05) is 11.6 Å². The average molecular weight is 571 g/mol. The molecule has 0 atom stereocenters. The van der Waals surface area contributed by atoms with E-state index < -0.39 is 10.8 Å². The zero-order valence-electron chi connectivity index (χ0n) is 11.7. The summed E-state index contributed by atoms with van der Waals surface area (Å²) in [6.07, 6.45) is 1.30. The Bertz CT molecular complexity index is 858. The number of nitro groups is 1. The number of rotatable bonds is 4. The highest BCUT2D eigenvalue weighted by Gasteiger charge is 2.14. The quantitative estimate of drug-likeness (QED) is 0.251. The van der Waals surface area contributed by atoms with E-state index in [1.165, 1.54) is 18.3 Å². The number of carbonyl (C=O) groups is 1. The van der Waals surface area contributed by atoms with Crippen molar-refractivity contribution in [3.8, 4) is 5.75 Å². The van der Waals surface area contributed by atoms with Gasteiger partial charge in [0.1, 0.15) is 5.75 Å². The fourth-order valence-corrected chi connectivity index (χ4v) is 3.86. The summed E-state index contributed by atoms with van der Waals surface area (Å²) in [7, 11) is 0. The molecule has 0 aliphatic carbocycles. The molecule has 2 aromatic carbocycles. The summed E-state index contributed by atoms with van der Waals surface area (Å²) >= 11 is 9.96. The van der Waals surface area contributed by atoms with Gasteiger partial charge in [-0.3, -0.25) is 14.9 Å². The summed E-state index contributed by atoms with van der Waals surface area (Å²) < 4.78 is 1.56. The molecule has 7 nitrogen and oxygen atoms in total. The largest absolute Gasteiger partial charge is 0.506 e. The molecule has 124 valence electrons. The molecular weight excluding hydrogens is 563 g/mol. The minimum absolute atomic E-state index is 0.0523. The van der Waals surface area contributed by atoms with Gasteiger partial charge in [0.05, 0.1) is 25.3 Å². The zero-order chi connectivity index (χ0) is 17.9. The van der Waals surface area contributed by atoms with Crippen LogP contribution >= 0.6 is 56.8 Å². The molecule has 0 saturated carbocycles. The topological polar surface area (TPSA) is 105 Å². The van der Waals surface area contributed by atoms with E-state index >= 15 is 0 Å². The lowest BCUT2D eigenvalue weighted by Crippen LogP contribution is -2.18. The Morgan fingerprint density at radius 2 is 2.04 bits per heavy atom. The number of hydrazone groups is 1. The Labute approximate surface area is 168 Å². The van der Waals surface area contributed by atoms with Crippen LogP contribution in [0.15, 0.2) is 35.4 Å². The summed E-state index contributed by atoms with van der Waals surface area (Å²) in [4.78, 5) is 22.1. The number of nitrogens with zero attached hydrogens (tertiary/aromatic N) is 2. The molecule has 24 heavy (non-hydrogen) atoms. The van der Waals surface area contributed by atoms with Crippen molar-refractivity contribution in [3.63, 3.8) is 0 Å². The fraction of sp³-hybridized carbons (Fsp3) is 0. The van der Waals surface area contributed by atoms with Crippen LogP contribution in [0.4, 0.5) is 5.69 Å². The lowest BCUT2D eigenvalue weighted by molar-refractivity contribution is -0.384. The average Bonchev–Trinajstić information content (AvgIpc) is 2.51. The number of carbonyl (C=O) groups excluding carboxylic acids is 1. The van der Waals surface area contributed by atoms with Gasteiger partial charge in [-0.25, -0.2) is 5.43 Å². The monoisotopic (exact) mass is 571 g/mol. The molecule has 10 heteroatoms. The number of halogens is 3. The Morgan fingerprint density at radius 1 is 1.33 bits per heavy atom. The standard InChI is InChI=1S/C14H8ClI2N3O4/c15-11-5-9(20(23)24)1-2-10(11)14(22)19-18-6-7-3-8(16)4-12(17)13(7)21/h1-6,21H,(H,19,22). The van der Waals surface area contributed by atoms with Crippen molar-refractivity contribution in [1.29, 1.82) is 0 Å². The van der Waals surface area contributed by atoms with Gasteiger partial charge in [0.2, 0.25) is 0 Å². The minimum atomic E-state index is -0.619. The maximum absolute atomic E-state index is 12.0. The molecule has 2 rings (SSSR count). The number of benzene rings is 2. The number of amides is 1. The summed E-state index contributed by atoms with van der Waals surface area (Å²) in [5.41, 5.74) is 2.56. The van der Waals surface area contributed by atoms with E-state index in [4.69, 9.17) is 11.6 Å². The Balaban J connectivity index is 2.15. The molecule has 0 aliphatic rings. The Morgan fingerprint density at radius 3 is 2.67 bits per heavy atom. The minimum Gasteiger partial charge on any atom is -0.506 e. The second-order valence-electron chi connectivity index (χ2n) is 4.45. The number of hydrogen-bond donors (Lipinski definition) is 2. The van der Waals surface area contributed by atoms with Crippen LogP contribution in [0.1, 0.15) is 15.9 Å². The summed E-state index contributed by atoms with van der Waals surface area (Å²) in [5, 5.41) is 24.3. The van der Waals surface area contributed by atoms with Gasteiger partial charge in [0.15, 0.2) is 0 Å². The van der Waals surface area contributed by atoms with Crippen molar-refractivity contribution in [3.05, 3.63) is 63.7 Å². The summed E-state index contributed by atoms with van der Waals surface area (Å²) in [5.74, 6) is -0.562. The second kappa shape index (κ2) is 8.07. The molecule has 0 aliphatic heterocycles. The highest BCUT2D eigenvalue weighted by atomic mass is 127. The van der Waals surface area contributed by atoms with E-state index in [1.807, 2.05) is 22.6 Å². The third-order valence-corrected chi connectivity index (χ3v) is 4.59. The number of phenols is 1. The zero-order valence-corrected chi connectivity index (χ0v) is 16.7. The van der Waals surface area contributed by atoms with Crippen molar-refractivity contribution >= 4 is 74.6 Å². The van der Waals surface area contributed by atoms with Crippen LogP contribution in [0, 0.1) is 17.3 Å². The molecule has 0 spiro atoms. The van der Waals surface area contributed by atoms with Gasteiger partial charge < -0.3 is 5.11 Å². The number of nitrogens with one attached hydrogen (secondary N) is 1. The Kier molecular flexibility index (Phi) is 6.34. The summed E-state index contributed by atoms with van der Waals surface area (Å²) in [6, 6.07) is 7.01. The van der Waals surface area contributed by atoms with Crippen LogP contribution in [0.3, 0.4) is 0 Å². The maximum Gasteiger partial charge on any atom is 0.272 e. The van der Waals surface area contributed by atoms with E-state index in [9.17, 15) is 20.0 Å². The number of phenolic OH excluding ortho intramolecular Hbond substituents is 1. The van der Waals surface area contributed by atoms with Gasteiger partial charge in [-0.15, -0.1) is 0 Å². The predicted octanol–water partition coefficient (Wildman–Crippen LogP) is 3.93. The van der Waals surface area contributed by atoms with Crippen molar-refractivity contribution in [2.24, 2.45) is 5.10 Å². The van der Waals surface area contributed by atoms with E-state index in [-0.39, 0.29) is 22.0 Å². The molecule has 0 aromatic heterocycles. The first-order valence-electron chi connectivity index (χ1n) is 6.25. The van der Waals surface area contributed by atoms with Gasteiger partial charge >= 0.3 is 0 Å². The van der Waals surface area contributed by atoms with Crippen molar-refractivity contribution in [1.82, 2.24) is 5.43 Å². The van der Waals surface area contributed by atoms with E-state index in [1.54, 1.807) is 12.1 Å². The first-order valence-corrected chi connectivity index (χ1v) is 8.78. The number of nitro benzene ring substituents is 1. The third kappa shape index (κ3) is 4.54. The molecular formula is C14H8ClI2N3O4. The van der Waals surface area contributed by atoms with E-state index in [0.717, 1.165) is 9.64 Å². The molecule has 1 amide bonds. The van der Waals surface area contributed by atoms with Crippen LogP contribution in [0.2, 0.25) is 5.02 Å². The van der Waals surface area contributed by atoms with Crippen LogP contribution in [0.25, 0.3) is 0 Å².